The number of nitrogens with zero attached hydrogens (tertiary/aromatic N) is 3. The second-order valence-corrected chi connectivity index (χ2v) is 15.5. The van der Waals surface area contributed by atoms with Gasteiger partial charge in [-0.1, -0.05) is 133 Å². The Balaban J connectivity index is 0.990. The summed E-state index contributed by atoms with van der Waals surface area (Å²) in [4.78, 5) is 15.3. The van der Waals surface area contributed by atoms with E-state index in [1.54, 1.807) is 0 Å². The van der Waals surface area contributed by atoms with Crippen molar-refractivity contribution in [2.45, 2.75) is 0 Å². The molecule has 0 saturated carbocycles. The first kappa shape index (κ1) is 31.2. The number of fused-ring (bicyclic) bond motifs is 10. The van der Waals surface area contributed by atoms with Crippen LogP contribution in [0, 0.1) is 0 Å². The fourth-order valence-corrected chi connectivity index (χ4v) is 9.50. The van der Waals surface area contributed by atoms with Gasteiger partial charge in [-0.25, -0.2) is 15.0 Å². The third-order valence-corrected chi connectivity index (χ3v) is 12.2. The molecule has 0 unspecified atom stereocenters. The van der Waals surface area contributed by atoms with Crippen LogP contribution in [0.25, 0.3) is 120 Å². The summed E-state index contributed by atoms with van der Waals surface area (Å²) in [5.74, 6) is 1.86. The van der Waals surface area contributed by atoms with Gasteiger partial charge in [0.05, 0.1) is 0 Å². The third-order valence-electron chi connectivity index (χ3n) is 11.1. The molecule has 0 aliphatic rings. The van der Waals surface area contributed by atoms with E-state index in [4.69, 9.17) is 19.4 Å². The Bertz CT molecular complexity index is 3550. The fraction of sp³-hybridized carbons (Fsp3) is 0. The number of furan rings is 1. The monoisotopic (exact) mass is 731 g/mol. The zero-order valence-corrected chi connectivity index (χ0v) is 30.7. The van der Waals surface area contributed by atoms with E-state index in [-0.39, 0.29) is 0 Å². The van der Waals surface area contributed by atoms with Gasteiger partial charge in [-0.15, -0.1) is 11.3 Å². The van der Waals surface area contributed by atoms with Crippen molar-refractivity contribution < 1.29 is 4.42 Å². The molecule has 0 aliphatic carbocycles. The Kier molecular flexibility index (Phi) is 6.76. The molecule has 12 aromatic rings. The number of thiophene rings is 1. The van der Waals surface area contributed by atoms with Gasteiger partial charge in [0.2, 0.25) is 0 Å². The maximum absolute atomic E-state index is 6.60. The normalized spacial score (nSPS) is 11.9. The molecule has 260 valence electrons. The van der Waals surface area contributed by atoms with Crippen molar-refractivity contribution in [1.82, 2.24) is 15.0 Å². The van der Waals surface area contributed by atoms with E-state index in [2.05, 4.69) is 133 Å². The zero-order valence-electron chi connectivity index (χ0n) is 29.9. The minimum Gasteiger partial charge on any atom is -0.456 e. The van der Waals surface area contributed by atoms with Gasteiger partial charge in [0.1, 0.15) is 11.2 Å². The summed E-state index contributed by atoms with van der Waals surface area (Å²) in [6.45, 7) is 0. The Morgan fingerprint density at radius 1 is 0.339 bits per heavy atom. The fourth-order valence-electron chi connectivity index (χ4n) is 8.33. The molecular weight excluding hydrogens is 703 g/mol. The van der Waals surface area contributed by atoms with Gasteiger partial charge in [0, 0.05) is 47.6 Å². The minimum absolute atomic E-state index is 0.604. The largest absolute Gasteiger partial charge is 0.456 e. The molecule has 0 amide bonds. The lowest BCUT2D eigenvalue weighted by molar-refractivity contribution is 0.669. The lowest BCUT2D eigenvalue weighted by atomic mass is 9.99. The van der Waals surface area contributed by atoms with Crippen LogP contribution in [-0.2, 0) is 0 Å². The second kappa shape index (κ2) is 12.2. The van der Waals surface area contributed by atoms with Crippen molar-refractivity contribution in [2.75, 3.05) is 0 Å². The maximum atomic E-state index is 6.60. The molecule has 0 radical (unpaired) electrons. The van der Waals surface area contributed by atoms with Gasteiger partial charge < -0.3 is 4.42 Å². The molecule has 56 heavy (non-hydrogen) atoms. The molecule has 3 aromatic heterocycles. The van der Waals surface area contributed by atoms with E-state index in [1.807, 2.05) is 53.8 Å². The highest BCUT2D eigenvalue weighted by Crippen LogP contribution is 2.41. The summed E-state index contributed by atoms with van der Waals surface area (Å²) >= 11 is 1.85. The van der Waals surface area contributed by atoms with Gasteiger partial charge in [-0.05, 0) is 85.9 Å². The van der Waals surface area contributed by atoms with Crippen LogP contribution in [0.3, 0.4) is 0 Å². The molecule has 9 aromatic carbocycles. The molecule has 3 heterocycles. The first-order chi connectivity index (χ1) is 27.7. The van der Waals surface area contributed by atoms with Crippen LogP contribution in [-0.4, -0.2) is 15.0 Å². The van der Waals surface area contributed by atoms with Crippen LogP contribution in [0.1, 0.15) is 0 Å². The van der Waals surface area contributed by atoms with E-state index >= 15 is 0 Å². The molecule has 12 rings (SSSR count). The number of rotatable bonds is 4. The van der Waals surface area contributed by atoms with Crippen LogP contribution >= 0.6 is 11.3 Å². The summed E-state index contributed by atoms with van der Waals surface area (Å²) in [5.41, 5.74) is 6.66. The smallest absolute Gasteiger partial charge is 0.164 e. The highest BCUT2D eigenvalue weighted by molar-refractivity contribution is 7.25. The molecule has 0 spiro atoms. The van der Waals surface area contributed by atoms with E-state index in [1.165, 1.54) is 47.1 Å². The first-order valence-electron chi connectivity index (χ1n) is 18.7. The van der Waals surface area contributed by atoms with Gasteiger partial charge in [-0.3, -0.25) is 0 Å². The van der Waals surface area contributed by atoms with E-state index in [0.29, 0.717) is 17.5 Å². The lowest BCUT2D eigenvalue weighted by Crippen LogP contribution is -2.00. The Morgan fingerprint density at radius 3 is 1.86 bits per heavy atom. The van der Waals surface area contributed by atoms with Gasteiger partial charge in [-0.2, -0.15) is 0 Å². The molecule has 4 nitrogen and oxygen atoms in total. The number of hydrogen-bond donors (Lipinski definition) is 0. The summed E-state index contributed by atoms with van der Waals surface area (Å²) in [6.07, 6.45) is 0. The van der Waals surface area contributed by atoms with Gasteiger partial charge >= 0.3 is 0 Å². The topological polar surface area (TPSA) is 51.8 Å². The van der Waals surface area contributed by atoms with Crippen molar-refractivity contribution >= 4 is 85.8 Å². The summed E-state index contributed by atoms with van der Waals surface area (Å²) in [6, 6.07) is 62.2. The standard InChI is InChI=1S/C51H29N3OS/c1-2-10-31(11-3-1)49-52-50(37-21-22-39-36(25-37)18-17-30-9-6-7-14-38(30)39)54-51(53-49)42-15-8-16-44-48(42)41-24-20-34(27-45(41)55-44)35-19-23-40-43-26-32-12-4-5-13-33(32)28-47(43)56-46(40)29-35/h1-29H. The summed E-state index contributed by atoms with van der Waals surface area (Å²) in [5, 5.41) is 11.9. The van der Waals surface area contributed by atoms with Crippen molar-refractivity contribution in [2.24, 2.45) is 0 Å². The van der Waals surface area contributed by atoms with Crippen LogP contribution in [0.15, 0.2) is 180 Å². The van der Waals surface area contributed by atoms with Crippen molar-refractivity contribution in [3.63, 3.8) is 0 Å². The van der Waals surface area contributed by atoms with Gasteiger partial charge in [0.15, 0.2) is 17.5 Å². The molecular formula is C51H29N3OS. The second-order valence-electron chi connectivity index (χ2n) is 14.4. The molecule has 0 saturated heterocycles. The molecule has 0 bridgehead atoms. The van der Waals surface area contributed by atoms with Crippen LogP contribution in [0.5, 0.6) is 0 Å². The number of aromatic nitrogens is 3. The SMILES string of the molecule is c1ccc(-c2nc(-c3ccc4c(ccc5ccccc54)c3)nc(-c3cccc4oc5cc(-c6ccc7c(c6)sc6cc8ccccc8cc67)ccc5c34)n2)cc1. The van der Waals surface area contributed by atoms with E-state index in [9.17, 15) is 0 Å². The summed E-state index contributed by atoms with van der Waals surface area (Å²) in [7, 11) is 0. The van der Waals surface area contributed by atoms with Crippen LogP contribution in [0.2, 0.25) is 0 Å². The average Bonchev–Trinajstić information content (AvgIpc) is 3.82. The van der Waals surface area contributed by atoms with E-state index in [0.717, 1.165) is 55.1 Å². The Morgan fingerprint density at radius 2 is 0.982 bits per heavy atom. The predicted octanol–water partition coefficient (Wildman–Crippen LogP) is 14.3. The molecule has 0 atom stereocenters. The maximum Gasteiger partial charge on any atom is 0.164 e. The average molecular weight is 732 g/mol. The highest BCUT2D eigenvalue weighted by Gasteiger charge is 2.19. The van der Waals surface area contributed by atoms with Crippen LogP contribution < -0.4 is 0 Å². The number of hydrogen-bond acceptors (Lipinski definition) is 5. The predicted molar refractivity (Wildman–Crippen MR) is 234 cm³/mol. The third kappa shape index (κ3) is 4.95. The Hall–Kier alpha value is -7.21. The lowest BCUT2D eigenvalue weighted by Gasteiger charge is -2.10. The van der Waals surface area contributed by atoms with Gasteiger partial charge in [0.25, 0.3) is 0 Å². The molecule has 5 heteroatoms. The Labute approximate surface area is 325 Å². The summed E-state index contributed by atoms with van der Waals surface area (Å²) < 4.78 is 9.19. The molecule has 0 fully saturated rings. The minimum atomic E-state index is 0.604. The van der Waals surface area contributed by atoms with Crippen molar-refractivity contribution in [3.8, 4) is 45.3 Å². The molecule has 0 N–H and O–H groups in total. The zero-order chi connectivity index (χ0) is 36.7. The van der Waals surface area contributed by atoms with Crippen molar-refractivity contribution in [1.29, 1.82) is 0 Å². The number of benzene rings is 9. The quantitative estimate of drug-likeness (QED) is 0.169. The first-order valence-corrected chi connectivity index (χ1v) is 19.6. The van der Waals surface area contributed by atoms with Crippen molar-refractivity contribution in [3.05, 3.63) is 176 Å². The van der Waals surface area contributed by atoms with Crippen LogP contribution in [0.4, 0.5) is 0 Å². The molecule has 0 aliphatic heterocycles. The highest BCUT2D eigenvalue weighted by atomic mass is 32.1. The van der Waals surface area contributed by atoms with E-state index < -0.39 is 0 Å².